The zero-order valence-electron chi connectivity index (χ0n) is 9.75. The lowest BCUT2D eigenvalue weighted by atomic mass is 10.0. The monoisotopic (exact) mass is 197 g/mol. The first-order chi connectivity index (χ1) is 6.66. The van der Waals surface area contributed by atoms with E-state index in [-0.39, 0.29) is 6.04 Å². The van der Waals surface area contributed by atoms with E-state index in [1.54, 1.807) is 0 Å². The van der Waals surface area contributed by atoms with Gasteiger partial charge in [0.25, 0.3) is 0 Å². The van der Waals surface area contributed by atoms with E-state index in [1.165, 1.54) is 12.8 Å². The third-order valence-corrected chi connectivity index (χ3v) is 3.55. The summed E-state index contributed by atoms with van der Waals surface area (Å²) in [4.78, 5) is 14.1. The van der Waals surface area contributed by atoms with Crippen LogP contribution in [0.1, 0.15) is 52.4 Å². The van der Waals surface area contributed by atoms with Crippen molar-refractivity contribution < 1.29 is 4.79 Å². The van der Waals surface area contributed by atoms with Gasteiger partial charge in [-0.05, 0) is 33.2 Å². The summed E-state index contributed by atoms with van der Waals surface area (Å²) in [5.74, 6) is 0.463. The molecule has 1 rings (SSSR count). The summed E-state index contributed by atoms with van der Waals surface area (Å²) in [5, 5.41) is 0. The molecule has 2 heteroatoms. The maximum absolute atomic E-state index is 11.8. The first-order valence-corrected chi connectivity index (χ1v) is 5.91. The molecule has 0 aromatic heterocycles. The van der Waals surface area contributed by atoms with Crippen LogP contribution in [0.2, 0.25) is 0 Å². The Balaban J connectivity index is 2.58. The fraction of sp³-hybridized carbons (Fsp3) is 0.917. The molecular weight excluding hydrogens is 174 g/mol. The predicted octanol–water partition coefficient (Wildman–Crippen LogP) is 2.62. The van der Waals surface area contributed by atoms with Crippen molar-refractivity contribution in [2.24, 2.45) is 0 Å². The Bertz CT molecular complexity index is 191. The predicted molar refractivity (Wildman–Crippen MR) is 59.4 cm³/mol. The topological polar surface area (TPSA) is 20.3 Å². The van der Waals surface area contributed by atoms with E-state index in [0.717, 1.165) is 25.7 Å². The highest BCUT2D eigenvalue weighted by Gasteiger charge is 2.26. The van der Waals surface area contributed by atoms with Crippen LogP contribution in [0.4, 0.5) is 0 Å². The third-order valence-electron chi connectivity index (χ3n) is 3.55. The number of carbonyl (C=O) groups is 1. The molecule has 2 atom stereocenters. The highest BCUT2D eigenvalue weighted by atomic mass is 16.1. The van der Waals surface area contributed by atoms with Crippen molar-refractivity contribution in [3.8, 4) is 0 Å². The third kappa shape index (κ3) is 2.81. The quantitative estimate of drug-likeness (QED) is 0.648. The molecule has 0 N–H and O–H groups in total. The SMILES string of the molecule is CCC(C)N(C)C1CCCCCC1=O. The summed E-state index contributed by atoms with van der Waals surface area (Å²) in [7, 11) is 2.10. The molecule has 2 nitrogen and oxygen atoms in total. The van der Waals surface area contributed by atoms with Gasteiger partial charge in [0, 0.05) is 12.5 Å². The molecule has 0 aromatic rings. The van der Waals surface area contributed by atoms with Crippen LogP contribution in [0.5, 0.6) is 0 Å². The van der Waals surface area contributed by atoms with Crippen molar-refractivity contribution in [2.75, 3.05) is 7.05 Å². The van der Waals surface area contributed by atoms with E-state index < -0.39 is 0 Å². The van der Waals surface area contributed by atoms with Crippen molar-refractivity contribution in [3.05, 3.63) is 0 Å². The van der Waals surface area contributed by atoms with E-state index >= 15 is 0 Å². The highest BCUT2D eigenvalue weighted by Crippen LogP contribution is 2.20. The summed E-state index contributed by atoms with van der Waals surface area (Å²) in [5.41, 5.74) is 0. The van der Waals surface area contributed by atoms with Gasteiger partial charge in [-0.1, -0.05) is 19.8 Å². The Morgan fingerprint density at radius 3 is 2.79 bits per heavy atom. The molecule has 82 valence electrons. The Hall–Kier alpha value is -0.370. The smallest absolute Gasteiger partial charge is 0.149 e. The van der Waals surface area contributed by atoms with Crippen molar-refractivity contribution in [1.29, 1.82) is 0 Å². The molecule has 1 fully saturated rings. The fourth-order valence-corrected chi connectivity index (χ4v) is 2.17. The lowest BCUT2D eigenvalue weighted by Gasteiger charge is -2.30. The lowest BCUT2D eigenvalue weighted by molar-refractivity contribution is -0.124. The molecule has 0 aliphatic heterocycles. The zero-order chi connectivity index (χ0) is 10.6. The number of hydrogen-bond donors (Lipinski definition) is 0. The molecule has 14 heavy (non-hydrogen) atoms. The van der Waals surface area contributed by atoms with Gasteiger partial charge in [-0.3, -0.25) is 9.69 Å². The van der Waals surface area contributed by atoms with Crippen LogP contribution in [-0.4, -0.2) is 29.8 Å². The van der Waals surface area contributed by atoms with Gasteiger partial charge in [-0.2, -0.15) is 0 Å². The Labute approximate surface area is 87.7 Å². The maximum Gasteiger partial charge on any atom is 0.149 e. The molecule has 1 aliphatic rings. The van der Waals surface area contributed by atoms with Gasteiger partial charge in [-0.25, -0.2) is 0 Å². The highest BCUT2D eigenvalue weighted by molar-refractivity contribution is 5.84. The maximum atomic E-state index is 11.8. The first kappa shape index (κ1) is 11.7. The molecule has 2 unspecified atom stereocenters. The Morgan fingerprint density at radius 2 is 2.14 bits per heavy atom. The van der Waals surface area contributed by atoms with E-state index in [0.29, 0.717) is 11.8 Å². The van der Waals surface area contributed by atoms with Gasteiger partial charge in [0.2, 0.25) is 0 Å². The van der Waals surface area contributed by atoms with E-state index in [9.17, 15) is 4.79 Å². The second-order valence-corrected chi connectivity index (χ2v) is 4.50. The van der Waals surface area contributed by atoms with E-state index in [4.69, 9.17) is 0 Å². The molecule has 0 radical (unpaired) electrons. The molecule has 0 spiro atoms. The number of likely N-dealkylation sites (N-methyl/N-ethyl adjacent to an activating group) is 1. The van der Waals surface area contributed by atoms with Crippen LogP contribution in [0, 0.1) is 0 Å². The lowest BCUT2D eigenvalue weighted by Crippen LogP contribution is -2.42. The van der Waals surface area contributed by atoms with Gasteiger partial charge in [-0.15, -0.1) is 0 Å². The van der Waals surface area contributed by atoms with Gasteiger partial charge < -0.3 is 0 Å². The zero-order valence-corrected chi connectivity index (χ0v) is 9.75. The minimum atomic E-state index is 0.201. The summed E-state index contributed by atoms with van der Waals surface area (Å²) in [6, 6.07) is 0.731. The normalized spacial score (nSPS) is 26.3. The number of Topliss-reactive ketones (excluding diaryl/α,β-unsaturated/α-hetero) is 1. The average molecular weight is 197 g/mol. The summed E-state index contributed by atoms with van der Waals surface area (Å²) in [6.07, 6.45) is 6.54. The molecule has 0 heterocycles. The Kier molecular flexibility index (Phi) is 4.59. The van der Waals surface area contributed by atoms with Crippen molar-refractivity contribution in [3.63, 3.8) is 0 Å². The number of hydrogen-bond acceptors (Lipinski definition) is 2. The van der Waals surface area contributed by atoms with Crippen LogP contribution >= 0.6 is 0 Å². The summed E-state index contributed by atoms with van der Waals surface area (Å²) >= 11 is 0. The molecule has 1 aliphatic carbocycles. The van der Waals surface area contributed by atoms with Crippen molar-refractivity contribution >= 4 is 5.78 Å². The number of rotatable bonds is 3. The van der Waals surface area contributed by atoms with Gasteiger partial charge in [0.15, 0.2) is 0 Å². The second-order valence-electron chi connectivity index (χ2n) is 4.50. The Morgan fingerprint density at radius 1 is 1.43 bits per heavy atom. The van der Waals surface area contributed by atoms with Crippen molar-refractivity contribution in [1.82, 2.24) is 4.90 Å². The number of carbonyl (C=O) groups excluding carboxylic acids is 1. The average Bonchev–Trinajstić information content (AvgIpc) is 2.40. The molecular formula is C12H23NO. The molecule has 1 saturated carbocycles. The molecule has 0 saturated heterocycles. The number of nitrogens with zero attached hydrogens (tertiary/aromatic N) is 1. The van der Waals surface area contributed by atoms with Crippen LogP contribution < -0.4 is 0 Å². The minimum Gasteiger partial charge on any atom is -0.298 e. The van der Waals surface area contributed by atoms with Gasteiger partial charge in [0.1, 0.15) is 5.78 Å². The minimum absolute atomic E-state index is 0.201. The molecule has 0 amide bonds. The van der Waals surface area contributed by atoms with Crippen LogP contribution in [0.25, 0.3) is 0 Å². The summed E-state index contributed by atoms with van der Waals surface area (Å²) < 4.78 is 0. The van der Waals surface area contributed by atoms with Crippen LogP contribution in [0.15, 0.2) is 0 Å². The fourth-order valence-electron chi connectivity index (χ4n) is 2.17. The first-order valence-electron chi connectivity index (χ1n) is 5.91. The van der Waals surface area contributed by atoms with E-state index in [1.807, 2.05) is 0 Å². The van der Waals surface area contributed by atoms with Gasteiger partial charge >= 0.3 is 0 Å². The second kappa shape index (κ2) is 5.50. The van der Waals surface area contributed by atoms with Crippen LogP contribution in [0.3, 0.4) is 0 Å². The molecule has 0 bridgehead atoms. The van der Waals surface area contributed by atoms with E-state index in [2.05, 4.69) is 25.8 Å². The van der Waals surface area contributed by atoms with Crippen molar-refractivity contribution in [2.45, 2.75) is 64.5 Å². The van der Waals surface area contributed by atoms with Gasteiger partial charge in [0.05, 0.1) is 6.04 Å². The standard InChI is InChI=1S/C12H23NO/c1-4-10(2)13(3)11-8-6-5-7-9-12(11)14/h10-11H,4-9H2,1-3H3. The molecule has 0 aromatic carbocycles. The summed E-state index contributed by atoms with van der Waals surface area (Å²) in [6.45, 7) is 4.39. The number of ketones is 1. The van der Waals surface area contributed by atoms with Crippen LogP contribution in [-0.2, 0) is 4.79 Å². The largest absolute Gasteiger partial charge is 0.298 e.